The number of benzene rings is 2. The zero-order valence-corrected chi connectivity index (χ0v) is 14.9. The minimum atomic E-state index is 0.578. The average molecular weight is 321 g/mol. The van der Waals surface area contributed by atoms with Crippen LogP contribution in [0.15, 0.2) is 48.5 Å². The first-order chi connectivity index (χ1) is 11.5. The summed E-state index contributed by atoms with van der Waals surface area (Å²) < 4.78 is 0. The van der Waals surface area contributed by atoms with Crippen molar-refractivity contribution in [3.63, 3.8) is 0 Å². The Hall–Kier alpha value is -2.29. The van der Waals surface area contributed by atoms with E-state index < -0.39 is 0 Å². The normalized spacial score (nSPS) is 15.4. The fourth-order valence-electron chi connectivity index (χ4n) is 3.14. The molecule has 2 aromatic carbocycles. The van der Waals surface area contributed by atoms with E-state index in [0.717, 1.165) is 43.2 Å². The third-order valence-corrected chi connectivity index (χ3v) is 4.88. The molecule has 0 spiro atoms. The maximum absolute atomic E-state index is 8.84. The van der Waals surface area contributed by atoms with Gasteiger partial charge in [-0.1, -0.05) is 42.3 Å². The maximum Gasteiger partial charge on any atom is 0.203 e. The second kappa shape index (κ2) is 7.08. The standard InChI is InChI=1S/C21H27N3/c1-16-4-8-19(9-5-16)24(20-10-6-17(2)7-11-20)21(22)23-14-12-18(3)13-15-23/h4-11,18,22H,12-15H2,1-3H3. The number of rotatable bonds is 2. The van der Waals surface area contributed by atoms with E-state index in [-0.39, 0.29) is 0 Å². The van der Waals surface area contributed by atoms with Crippen LogP contribution in [0.25, 0.3) is 0 Å². The number of nitrogens with zero attached hydrogens (tertiary/aromatic N) is 2. The number of guanidine groups is 1. The molecule has 0 amide bonds. The Labute approximate surface area is 145 Å². The monoisotopic (exact) mass is 321 g/mol. The van der Waals surface area contributed by atoms with Gasteiger partial charge < -0.3 is 4.90 Å². The summed E-state index contributed by atoms with van der Waals surface area (Å²) in [4.78, 5) is 4.27. The molecule has 3 nitrogen and oxygen atoms in total. The molecule has 0 saturated carbocycles. The van der Waals surface area contributed by atoms with Crippen LogP contribution in [-0.4, -0.2) is 23.9 Å². The van der Waals surface area contributed by atoms with Crippen LogP contribution in [0.1, 0.15) is 30.9 Å². The Bertz CT molecular complexity index is 635. The summed E-state index contributed by atoms with van der Waals surface area (Å²) >= 11 is 0. The van der Waals surface area contributed by atoms with Crippen molar-refractivity contribution in [2.75, 3.05) is 18.0 Å². The molecule has 126 valence electrons. The predicted octanol–water partition coefficient (Wildman–Crippen LogP) is 5.11. The third kappa shape index (κ3) is 3.61. The van der Waals surface area contributed by atoms with E-state index in [1.165, 1.54) is 11.1 Å². The number of hydrogen-bond donors (Lipinski definition) is 1. The molecule has 0 unspecified atom stereocenters. The summed E-state index contributed by atoms with van der Waals surface area (Å²) in [6, 6.07) is 16.9. The second-order valence-corrected chi connectivity index (χ2v) is 7.00. The van der Waals surface area contributed by atoms with Crippen LogP contribution >= 0.6 is 0 Å². The molecule has 2 aromatic rings. The van der Waals surface area contributed by atoms with Crippen molar-refractivity contribution < 1.29 is 0 Å². The molecule has 0 bridgehead atoms. The quantitative estimate of drug-likeness (QED) is 0.615. The summed E-state index contributed by atoms with van der Waals surface area (Å²) in [5.41, 5.74) is 4.57. The van der Waals surface area contributed by atoms with Crippen molar-refractivity contribution in [2.45, 2.75) is 33.6 Å². The molecule has 1 aliphatic rings. The number of hydrogen-bond acceptors (Lipinski definition) is 1. The highest BCUT2D eigenvalue weighted by molar-refractivity contribution is 6.00. The minimum absolute atomic E-state index is 0.578. The molecule has 1 N–H and O–H groups in total. The second-order valence-electron chi connectivity index (χ2n) is 7.00. The molecule has 0 radical (unpaired) electrons. The van der Waals surface area contributed by atoms with Gasteiger partial charge in [-0.05, 0) is 56.9 Å². The SMILES string of the molecule is Cc1ccc(N(C(=N)N2CCC(C)CC2)c2ccc(C)cc2)cc1. The molecule has 1 aliphatic heterocycles. The first-order valence-corrected chi connectivity index (χ1v) is 8.81. The van der Waals surface area contributed by atoms with Gasteiger partial charge in [0, 0.05) is 24.5 Å². The van der Waals surface area contributed by atoms with E-state index in [0.29, 0.717) is 5.96 Å². The van der Waals surface area contributed by atoms with E-state index in [9.17, 15) is 0 Å². The van der Waals surface area contributed by atoms with Gasteiger partial charge in [0.25, 0.3) is 0 Å². The van der Waals surface area contributed by atoms with Gasteiger partial charge in [0.1, 0.15) is 0 Å². The lowest BCUT2D eigenvalue weighted by atomic mass is 9.99. The van der Waals surface area contributed by atoms with E-state index in [2.05, 4.69) is 79.1 Å². The van der Waals surface area contributed by atoms with Crippen LogP contribution in [0.4, 0.5) is 11.4 Å². The highest BCUT2D eigenvalue weighted by Gasteiger charge is 2.24. The van der Waals surface area contributed by atoms with E-state index >= 15 is 0 Å². The topological polar surface area (TPSA) is 30.3 Å². The predicted molar refractivity (Wildman–Crippen MR) is 102 cm³/mol. The third-order valence-electron chi connectivity index (χ3n) is 4.88. The molecule has 1 fully saturated rings. The zero-order valence-electron chi connectivity index (χ0n) is 14.9. The fraction of sp³-hybridized carbons (Fsp3) is 0.381. The van der Waals surface area contributed by atoms with Gasteiger partial charge in [-0.15, -0.1) is 0 Å². The van der Waals surface area contributed by atoms with Crippen LogP contribution in [0.3, 0.4) is 0 Å². The molecule has 0 aliphatic carbocycles. The van der Waals surface area contributed by atoms with Gasteiger partial charge in [-0.25, -0.2) is 0 Å². The van der Waals surface area contributed by atoms with Crippen molar-refractivity contribution in [3.05, 3.63) is 59.7 Å². The van der Waals surface area contributed by atoms with E-state index in [1.54, 1.807) is 0 Å². The van der Waals surface area contributed by atoms with Gasteiger partial charge in [0.2, 0.25) is 5.96 Å². The Morgan fingerprint density at radius 3 is 1.71 bits per heavy atom. The van der Waals surface area contributed by atoms with Crippen molar-refractivity contribution in [1.82, 2.24) is 4.90 Å². The van der Waals surface area contributed by atoms with E-state index in [4.69, 9.17) is 5.41 Å². The van der Waals surface area contributed by atoms with Crippen LogP contribution in [0.5, 0.6) is 0 Å². The Morgan fingerprint density at radius 1 is 0.875 bits per heavy atom. The number of nitrogens with one attached hydrogen (secondary N) is 1. The highest BCUT2D eigenvalue weighted by Crippen LogP contribution is 2.28. The molecule has 0 atom stereocenters. The molecule has 3 rings (SSSR count). The Morgan fingerprint density at radius 2 is 1.29 bits per heavy atom. The van der Waals surface area contributed by atoms with Gasteiger partial charge in [0.15, 0.2) is 0 Å². The summed E-state index contributed by atoms with van der Waals surface area (Å²) in [6.07, 6.45) is 2.33. The number of piperidine rings is 1. The van der Waals surface area contributed by atoms with Crippen LogP contribution in [0, 0.1) is 25.2 Å². The number of anilines is 2. The minimum Gasteiger partial charge on any atom is -0.342 e. The molecular formula is C21H27N3. The molecule has 1 saturated heterocycles. The average Bonchev–Trinajstić information content (AvgIpc) is 2.59. The van der Waals surface area contributed by atoms with Crippen molar-refractivity contribution >= 4 is 17.3 Å². The molecule has 1 heterocycles. The van der Waals surface area contributed by atoms with Crippen molar-refractivity contribution in [3.8, 4) is 0 Å². The van der Waals surface area contributed by atoms with Crippen molar-refractivity contribution in [1.29, 1.82) is 5.41 Å². The number of aryl methyl sites for hydroxylation is 2. The molecular weight excluding hydrogens is 294 g/mol. The lowest BCUT2D eigenvalue weighted by molar-refractivity contribution is 0.277. The zero-order chi connectivity index (χ0) is 17.1. The number of likely N-dealkylation sites (tertiary alicyclic amines) is 1. The van der Waals surface area contributed by atoms with Gasteiger partial charge in [-0.2, -0.15) is 0 Å². The summed E-state index contributed by atoms with van der Waals surface area (Å²) in [6.45, 7) is 8.43. The first-order valence-electron chi connectivity index (χ1n) is 8.81. The van der Waals surface area contributed by atoms with Crippen LogP contribution in [0.2, 0.25) is 0 Å². The molecule has 0 aromatic heterocycles. The van der Waals surface area contributed by atoms with Crippen LogP contribution < -0.4 is 4.90 Å². The highest BCUT2D eigenvalue weighted by atomic mass is 15.4. The largest absolute Gasteiger partial charge is 0.342 e. The van der Waals surface area contributed by atoms with Gasteiger partial charge in [0.05, 0.1) is 0 Å². The van der Waals surface area contributed by atoms with Gasteiger partial charge >= 0.3 is 0 Å². The lowest BCUT2D eigenvalue weighted by Crippen LogP contribution is -2.45. The molecule has 24 heavy (non-hydrogen) atoms. The lowest BCUT2D eigenvalue weighted by Gasteiger charge is -2.37. The first kappa shape index (κ1) is 16.6. The van der Waals surface area contributed by atoms with Crippen LogP contribution in [-0.2, 0) is 0 Å². The van der Waals surface area contributed by atoms with E-state index in [1.807, 2.05) is 0 Å². The Balaban J connectivity index is 1.93. The maximum atomic E-state index is 8.84. The smallest absolute Gasteiger partial charge is 0.203 e. The Kier molecular flexibility index (Phi) is 4.89. The molecule has 3 heteroatoms. The summed E-state index contributed by atoms with van der Waals surface area (Å²) in [5.74, 6) is 1.34. The van der Waals surface area contributed by atoms with Crippen molar-refractivity contribution in [2.24, 2.45) is 5.92 Å². The van der Waals surface area contributed by atoms with Gasteiger partial charge in [-0.3, -0.25) is 10.3 Å². The summed E-state index contributed by atoms with van der Waals surface area (Å²) in [7, 11) is 0. The fourth-order valence-corrected chi connectivity index (χ4v) is 3.14. The summed E-state index contributed by atoms with van der Waals surface area (Å²) in [5, 5.41) is 8.84.